The van der Waals surface area contributed by atoms with Crippen LogP contribution in [0.5, 0.6) is 0 Å². The van der Waals surface area contributed by atoms with Gasteiger partial charge in [0.05, 0.1) is 11.4 Å². The predicted octanol–water partition coefficient (Wildman–Crippen LogP) is 3.44. The van der Waals surface area contributed by atoms with E-state index in [1.807, 2.05) is 35.7 Å². The van der Waals surface area contributed by atoms with E-state index < -0.39 is 6.04 Å². The molecule has 7 heteroatoms. The zero-order valence-electron chi connectivity index (χ0n) is 14.3. The number of nitrogens with zero attached hydrogens (tertiary/aromatic N) is 3. The Morgan fingerprint density at radius 2 is 2.00 bits per heavy atom. The highest BCUT2D eigenvalue weighted by Crippen LogP contribution is 2.38. The molecule has 2 heterocycles. The van der Waals surface area contributed by atoms with E-state index in [1.165, 1.54) is 22.1 Å². The van der Waals surface area contributed by atoms with Crippen LogP contribution in [0.3, 0.4) is 0 Å². The van der Waals surface area contributed by atoms with E-state index in [0.717, 1.165) is 29.8 Å². The van der Waals surface area contributed by atoms with E-state index in [1.54, 1.807) is 13.0 Å². The Balaban J connectivity index is 1.51. The third-order valence-corrected chi connectivity index (χ3v) is 5.15. The average molecular weight is 366 g/mol. The second-order valence-corrected chi connectivity index (χ2v) is 7.24. The molecule has 0 spiro atoms. The molecule has 26 heavy (non-hydrogen) atoms. The summed E-state index contributed by atoms with van der Waals surface area (Å²) in [5.74, 6) is 0.117. The summed E-state index contributed by atoms with van der Waals surface area (Å²) in [5, 5.41) is 9.57. The van der Waals surface area contributed by atoms with Crippen LogP contribution in [-0.4, -0.2) is 20.7 Å². The molecule has 6 nitrogen and oxygen atoms in total. The minimum atomic E-state index is -0.703. The summed E-state index contributed by atoms with van der Waals surface area (Å²) in [7, 11) is 0. The first-order valence-electron chi connectivity index (χ1n) is 8.53. The molecule has 2 aromatic heterocycles. The van der Waals surface area contributed by atoms with Crippen molar-refractivity contribution >= 4 is 22.4 Å². The molecule has 0 unspecified atom stereocenters. The number of benzene rings is 1. The standard InChI is InChI=1S/C19H18N4O2S/c1-12(23-17(24)10-9-15(22-23)14-7-8-14)18(25)21-19-20-16(11-26-19)13-5-3-2-4-6-13/h2-6,9-12,14H,7-8H2,1H3,(H,20,21,25)/t12-/m0/s1. The van der Waals surface area contributed by atoms with Gasteiger partial charge in [-0.05, 0) is 25.8 Å². The van der Waals surface area contributed by atoms with Crippen LogP contribution < -0.4 is 10.9 Å². The van der Waals surface area contributed by atoms with E-state index >= 15 is 0 Å². The maximum Gasteiger partial charge on any atom is 0.267 e. The highest BCUT2D eigenvalue weighted by molar-refractivity contribution is 7.14. The molecule has 1 aromatic carbocycles. The molecule has 1 N–H and O–H groups in total. The van der Waals surface area contributed by atoms with Gasteiger partial charge in [0.15, 0.2) is 5.13 Å². The number of carbonyl (C=O) groups excluding carboxylic acids is 1. The van der Waals surface area contributed by atoms with Gasteiger partial charge in [-0.15, -0.1) is 11.3 Å². The number of hydrogen-bond donors (Lipinski definition) is 1. The smallest absolute Gasteiger partial charge is 0.267 e. The van der Waals surface area contributed by atoms with Crippen molar-refractivity contribution in [2.24, 2.45) is 0 Å². The Morgan fingerprint density at radius 1 is 1.23 bits per heavy atom. The van der Waals surface area contributed by atoms with Gasteiger partial charge in [-0.2, -0.15) is 5.10 Å². The first kappa shape index (κ1) is 16.7. The molecule has 1 saturated carbocycles. The number of thiazole rings is 1. The second-order valence-electron chi connectivity index (χ2n) is 6.38. The van der Waals surface area contributed by atoms with E-state index in [9.17, 15) is 9.59 Å². The number of carbonyl (C=O) groups is 1. The molecule has 1 atom stereocenters. The molecular weight excluding hydrogens is 348 g/mol. The summed E-state index contributed by atoms with van der Waals surface area (Å²) in [4.78, 5) is 29.1. The quantitative estimate of drug-likeness (QED) is 0.750. The van der Waals surface area contributed by atoms with Crippen LogP contribution in [0.15, 0.2) is 52.6 Å². The van der Waals surface area contributed by atoms with Gasteiger partial charge in [-0.25, -0.2) is 9.67 Å². The van der Waals surface area contributed by atoms with Gasteiger partial charge < -0.3 is 5.32 Å². The minimum absolute atomic E-state index is 0.277. The van der Waals surface area contributed by atoms with Gasteiger partial charge in [0.25, 0.3) is 11.5 Å². The predicted molar refractivity (Wildman–Crippen MR) is 101 cm³/mol. The monoisotopic (exact) mass is 366 g/mol. The summed E-state index contributed by atoms with van der Waals surface area (Å²) >= 11 is 1.36. The first-order chi connectivity index (χ1) is 12.6. The average Bonchev–Trinajstić information content (AvgIpc) is 3.41. The van der Waals surface area contributed by atoms with Crippen molar-refractivity contribution in [1.29, 1.82) is 0 Å². The molecular formula is C19H18N4O2S. The molecule has 0 bridgehead atoms. The number of aromatic nitrogens is 3. The Kier molecular flexibility index (Phi) is 4.38. The fourth-order valence-corrected chi connectivity index (χ4v) is 3.43. The molecule has 132 valence electrons. The van der Waals surface area contributed by atoms with Crippen LogP contribution >= 0.6 is 11.3 Å². The van der Waals surface area contributed by atoms with Gasteiger partial charge in [0, 0.05) is 22.9 Å². The number of amides is 1. The topological polar surface area (TPSA) is 76.9 Å². The lowest BCUT2D eigenvalue weighted by Crippen LogP contribution is -2.33. The Hall–Kier alpha value is -2.80. The first-order valence-corrected chi connectivity index (χ1v) is 9.41. The van der Waals surface area contributed by atoms with Gasteiger partial charge in [-0.3, -0.25) is 9.59 Å². The molecule has 1 amide bonds. The molecule has 1 aliphatic rings. The largest absolute Gasteiger partial charge is 0.300 e. The van der Waals surface area contributed by atoms with Gasteiger partial charge >= 0.3 is 0 Å². The molecule has 0 saturated heterocycles. The lowest BCUT2D eigenvalue weighted by molar-refractivity contribution is -0.119. The van der Waals surface area contributed by atoms with E-state index in [0.29, 0.717) is 11.0 Å². The number of nitrogens with one attached hydrogen (secondary N) is 1. The Labute approximate surface area is 154 Å². The van der Waals surface area contributed by atoms with Crippen LogP contribution in [0.2, 0.25) is 0 Å². The zero-order valence-corrected chi connectivity index (χ0v) is 15.1. The third kappa shape index (κ3) is 3.43. The van der Waals surface area contributed by atoms with Gasteiger partial charge in [-0.1, -0.05) is 30.3 Å². The van der Waals surface area contributed by atoms with Crippen molar-refractivity contribution in [3.05, 3.63) is 63.9 Å². The lowest BCUT2D eigenvalue weighted by atomic mass is 10.2. The van der Waals surface area contributed by atoms with Crippen molar-refractivity contribution in [3.63, 3.8) is 0 Å². The fraction of sp³-hybridized carbons (Fsp3) is 0.263. The van der Waals surface area contributed by atoms with Crippen LogP contribution in [-0.2, 0) is 4.79 Å². The molecule has 0 radical (unpaired) electrons. The number of anilines is 1. The fourth-order valence-electron chi connectivity index (χ4n) is 2.71. The van der Waals surface area contributed by atoms with E-state index in [4.69, 9.17) is 0 Å². The molecule has 0 aliphatic heterocycles. The normalized spacial score (nSPS) is 14.8. The highest BCUT2D eigenvalue weighted by Gasteiger charge is 2.27. The summed E-state index contributed by atoms with van der Waals surface area (Å²) < 4.78 is 1.26. The van der Waals surface area contributed by atoms with Crippen molar-refractivity contribution in [2.75, 3.05) is 5.32 Å². The van der Waals surface area contributed by atoms with Crippen LogP contribution in [0, 0.1) is 0 Å². The maximum absolute atomic E-state index is 12.6. The lowest BCUT2D eigenvalue weighted by Gasteiger charge is -2.13. The van der Waals surface area contributed by atoms with Gasteiger partial charge in [0.1, 0.15) is 6.04 Å². The summed E-state index contributed by atoms with van der Waals surface area (Å²) in [6.45, 7) is 1.67. The van der Waals surface area contributed by atoms with Crippen molar-refractivity contribution in [2.45, 2.75) is 31.7 Å². The minimum Gasteiger partial charge on any atom is -0.300 e. The highest BCUT2D eigenvalue weighted by atomic mass is 32.1. The molecule has 4 rings (SSSR count). The summed E-state index contributed by atoms with van der Waals surface area (Å²) in [5.41, 5.74) is 2.41. The molecule has 1 aliphatic carbocycles. The van der Waals surface area contributed by atoms with Gasteiger partial charge in [0.2, 0.25) is 0 Å². The number of rotatable bonds is 5. The van der Waals surface area contributed by atoms with Crippen LogP contribution in [0.1, 0.15) is 37.4 Å². The van der Waals surface area contributed by atoms with Crippen molar-refractivity contribution in [3.8, 4) is 11.3 Å². The zero-order chi connectivity index (χ0) is 18.1. The number of hydrogen-bond acceptors (Lipinski definition) is 5. The second kappa shape index (κ2) is 6.84. The Bertz CT molecular complexity index is 992. The molecule has 1 fully saturated rings. The Morgan fingerprint density at radius 3 is 2.73 bits per heavy atom. The maximum atomic E-state index is 12.6. The van der Waals surface area contributed by atoms with Crippen LogP contribution in [0.4, 0.5) is 5.13 Å². The van der Waals surface area contributed by atoms with Crippen molar-refractivity contribution < 1.29 is 4.79 Å². The molecule has 3 aromatic rings. The van der Waals surface area contributed by atoms with Crippen LogP contribution in [0.25, 0.3) is 11.3 Å². The SMILES string of the molecule is C[C@@H](C(=O)Nc1nc(-c2ccccc2)cs1)n1nc(C2CC2)ccc1=O. The van der Waals surface area contributed by atoms with Crippen molar-refractivity contribution in [1.82, 2.24) is 14.8 Å². The van der Waals surface area contributed by atoms with E-state index in [2.05, 4.69) is 15.4 Å². The third-order valence-electron chi connectivity index (χ3n) is 4.39. The van der Waals surface area contributed by atoms with E-state index in [-0.39, 0.29) is 11.5 Å². The summed E-state index contributed by atoms with van der Waals surface area (Å²) in [6, 6.07) is 12.3. The summed E-state index contributed by atoms with van der Waals surface area (Å²) in [6.07, 6.45) is 2.18.